The molecule has 1 aromatic rings. The monoisotopic (exact) mass is 426 g/mol. The van der Waals surface area contributed by atoms with E-state index in [1.807, 2.05) is 37.2 Å². The van der Waals surface area contributed by atoms with E-state index in [1.54, 1.807) is 0 Å². The predicted octanol–water partition coefficient (Wildman–Crippen LogP) is 3.48. The maximum Gasteiger partial charge on any atom is 0.237 e. The summed E-state index contributed by atoms with van der Waals surface area (Å²) in [5.41, 5.74) is 6.30. The van der Waals surface area contributed by atoms with E-state index in [1.165, 1.54) is 6.42 Å². The predicted molar refractivity (Wildman–Crippen MR) is 117 cm³/mol. The molecule has 2 aliphatic rings. The second-order valence-electron chi connectivity index (χ2n) is 8.42. The summed E-state index contributed by atoms with van der Waals surface area (Å²) >= 11 is 12.5. The Morgan fingerprint density at radius 2 is 1.82 bits per heavy atom. The normalized spacial score (nSPS) is 26.6. The first kappa shape index (κ1) is 21.7. The third kappa shape index (κ3) is 4.59. The third-order valence-corrected chi connectivity index (χ3v) is 7.55. The molecular weight excluding hydrogens is 395 g/mol. The lowest BCUT2D eigenvalue weighted by molar-refractivity contribution is -0.131. The zero-order chi connectivity index (χ0) is 20.3. The average molecular weight is 427 g/mol. The highest BCUT2D eigenvalue weighted by Gasteiger charge is 2.42. The number of rotatable bonds is 6. The van der Waals surface area contributed by atoms with Crippen molar-refractivity contribution in [2.45, 2.75) is 37.6 Å². The summed E-state index contributed by atoms with van der Waals surface area (Å²) in [6, 6.07) is 5.83. The summed E-state index contributed by atoms with van der Waals surface area (Å²) in [4.78, 5) is 18.9. The van der Waals surface area contributed by atoms with Crippen LogP contribution < -0.4 is 10.6 Å². The molecule has 156 valence electrons. The van der Waals surface area contributed by atoms with E-state index in [-0.39, 0.29) is 5.91 Å². The van der Waals surface area contributed by atoms with Gasteiger partial charge in [-0.2, -0.15) is 0 Å². The molecule has 7 heteroatoms. The number of amides is 1. The Balaban J connectivity index is 1.44. The van der Waals surface area contributed by atoms with Crippen molar-refractivity contribution >= 4 is 34.8 Å². The smallest absolute Gasteiger partial charge is 0.237 e. The van der Waals surface area contributed by atoms with Crippen LogP contribution in [0.3, 0.4) is 0 Å². The van der Waals surface area contributed by atoms with Gasteiger partial charge in [0.25, 0.3) is 0 Å². The third-order valence-electron chi connectivity index (χ3n) is 6.74. The van der Waals surface area contributed by atoms with Crippen molar-refractivity contribution in [3.05, 3.63) is 28.2 Å². The molecule has 1 amide bonds. The number of carbonyl (C=O) groups is 1. The molecule has 1 saturated heterocycles. The highest BCUT2D eigenvalue weighted by atomic mass is 35.5. The summed E-state index contributed by atoms with van der Waals surface area (Å²) in [5.74, 6) is 0.513. The number of halogens is 2. The van der Waals surface area contributed by atoms with Crippen LogP contribution in [0.2, 0.25) is 10.0 Å². The lowest BCUT2D eigenvalue weighted by Gasteiger charge is -2.43. The van der Waals surface area contributed by atoms with Crippen LogP contribution >= 0.6 is 23.2 Å². The highest BCUT2D eigenvalue weighted by molar-refractivity contribution is 6.43. The maximum atomic E-state index is 12.0. The van der Waals surface area contributed by atoms with E-state index in [4.69, 9.17) is 28.9 Å². The number of nitrogens with zero attached hydrogens (tertiary/aromatic N) is 3. The first-order valence-electron chi connectivity index (χ1n) is 10.2. The Kier molecular flexibility index (Phi) is 7.13. The van der Waals surface area contributed by atoms with Crippen molar-refractivity contribution in [1.82, 2.24) is 9.80 Å². The summed E-state index contributed by atoms with van der Waals surface area (Å²) in [7, 11) is 3.94. The zero-order valence-electron chi connectivity index (χ0n) is 17.0. The van der Waals surface area contributed by atoms with Crippen LogP contribution in [0.25, 0.3) is 0 Å². The Morgan fingerprint density at radius 3 is 2.39 bits per heavy atom. The van der Waals surface area contributed by atoms with Gasteiger partial charge in [0.1, 0.15) is 0 Å². The second kappa shape index (κ2) is 9.21. The number of hydrogen-bond acceptors (Lipinski definition) is 4. The van der Waals surface area contributed by atoms with Gasteiger partial charge in [-0.15, -0.1) is 0 Å². The average Bonchev–Trinajstić information content (AvgIpc) is 2.69. The van der Waals surface area contributed by atoms with Gasteiger partial charge in [-0.1, -0.05) is 29.3 Å². The minimum absolute atomic E-state index is 0.174. The van der Waals surface area contributed by atoms with E-state index in [0.29, 0.717) is 16.0 Å². The van der Waals surface area contributed by atoms with Crippen molar-refractivity contribution in [3.63, 3.8) is 0 Å². The van der Waals surface area contributed by atoms with E-state index >= 15 is 0 Å². The summed E-state index contributed by atoms with van der Waals surface area (Å²) in [5, 5.41) is 1.27. The molecule has 1 aromatic carbocycles. The van der Waals surface area contributed by atoms with Gasteiger partial charge in [0, 0.05) is 26.2 Å². The summed E-state index contributed by atoms with van der Waals surface area (Å²) in [6.45, 7) is 5.14. The second-order valence-corrected chi connectivity index (χ2v) is 9.21. The number of piperazine rings is 1. The number of nitrogens with two attached hydrogens (primary N) is 1. The minimum atomic E-state index is -0.446. The molecule has 2 fully saturated rings. The van der Waals surface area contributed by atoms with Crippen molar-refractivity contribution in [2.24, 2.45) is 11.7 Å². The molecule has 0 radical (unpaired) electrons. The number of carbonyl (C=O) groups excluding carboxylic acids is 1. The van der Waals surface area contributed by atoms with Crippen LogP contribution in [-0.4, -0.2) is 68.1 Å². The number of anilines is 1. The number of primary amides is 1. The Labute approximate surface area is 178 Å². The molecule has 3 rings (SSSR count). The molecule has 1 aliphatic carbocycles. The maximum absolute atomic E-state index is 12.0. The van der Waals surface area contributed by atoms with E-state index < -0.39 is 5.54 Å². The molecule has 0 atom stereocenters. The first-order chi connectivity index (χ1) is 13.3. The van der Waals surface area contributed by atoms with Crippen LogP contribution in [0.5, 0.6) is 0 Å². The van der Waals surface area contributed by atoms with Crippen LogP contribution in [0.4, 0.5) is 5.69 Å². The first-order valence-corrected chi connectivity index (χ1v) is 11.0. The molecule has 0 spiro atoms. The summed E-state index contributed by atoms with van der Waals surface area (Å²) in [6.07, 6.45) is 5.11. The van der Waals surface area contributed by atoms with Crippen LogP contribution in [-0.2, 0) is 4.79 Å². The van der Waals surface area contributed by atoms with Gasteiger partial charge in [-0.25, -0.2) is 0 Å². The quantitative estimate of drug-likeness (QED) is 0.756. The zero-order valence-corrected chi connectivity index (χ0v) is 18.5. The molecule has 1 heterocycles. The molecule has 5 nitrogen and oxygen atoms in total. The van der Waals surface area contributed by atoms with Crippen LogP contribution in [0.1, 0.15) is 32.1 Å². The van der Waals surface area contributed by atoms with E-state index in [9.17, 15) is 4.79 Å². The SMILES string of the molecule is CN(C)C1(C(N)=O)CCC(CCN2CCN(c3cccc(Cl)c3Cl)CC2)CC1. The van der Waals surface area contributed by atoms with Crippen LogP contribution in [0, 0.1) is 5.92 Å². The fourth-order valence-electron chi connectivity index (χ4n) is 4.67. The summed E-state index contributed by atoms with van der Waals surface area (Å²) < 4.78 is 0. The highest BCUT2D eigenvalue weighted by Crippen LogP contribution is 2.37. The molecule has 0 aromatic heterocycles. The molecule has 28 heavy (non-hydrogen) atoms. The van der Waals surface area contributed by atoms with Crippen molar-refractivity contribution < 1.29 is 4.79 Å². The van der Waals surface area contributed by atoms with Crippen molar-refractivity contribution in [2.75, 3.05) is 51.7 Å². The van der Waals surface area contributed by atoms with E-state index in [0.717, 1.165) is 64.1 Å². The molecule has 1 saturated carbocycles. The topological polar surface area (TPSA) is 52.8 Å². The van der Waals surface area contributed by atoms with Gasteiger partial charge < -0.3 is 10.6 Å². The molecular formula is C21H32Cl2N4O. The fraction of sp³-hybridized carbons (Fsp3) is 0.667. The lowest BCUT2D eigenvalue weighted by atomic mass is 9.74. The van der Waals surface area contributed by atoms with Gasteiger partial charge in [0.15, 0.2) is 0 Å². The van der Waals surface area contributed by atoms with Gasteiger partial charge in [0.2, 0.25) is 5.91 Å². The Bertz CT molecular complexity index is 681. The molecule has 0 unspecified atom stereocenters. The van der Waals surface area contributed by atoms with Gasteiger partial charge in [-0.05, 0) is 70.8 Å². The Hall–Kier alpha value is -1.01. The fourth-order valence-corrected chi connectivity index (χ4v) is 5.09. The van der Waals surface area contributed by atoms with Crippen molar-refractivity contribution in [3.8, 4) is 0 Å². The number of hydrogen-bond donors (Lipinski definition) is 1. The lowest BCUT2D eigenvalue weighted by Crippen LogP contribution is -2.56. The molecule has 2 N–H and O–H groups in total. The Morgan fingerprint density at radius 1 is 1.18 bits per heavy atom. The van der Waals surface area contributed by atoms with Gasteiger partial charge in [-0.3, -0.25) is 14.6 Å². The molecule has 0 bridgehead atoms. The molecule has 1 aliphatic heterocycles. The minimum Gasteiger partial charge on any atom is -0.368 e. The standard InChI is InChI=1S/C21H32Cl2N4O/c1-25(2)21(20(24)28)9-6-16(7-10-21)8-11-26-12-14-27(15-13-26)18-5-3-4-17(22)19(18)23/h3-5,16H,6-15H2,1-2H3,(H2,24,28). The van der Waals surface area contributed by atoms with E-state index in [2.05, 4.69) is 9.80 Å². The van der Waals surface area contributed by atoms with Crippen LogP contribution in [0.15, 0.2) is 18.2 Å². The van der Waals surface area contributed by atoms with Crippen molar-refractivity contribution in [1.29, 1.82) is 0 Å². The largest absolute Gasteiger partial charge is 0.368 e. The van der Waals surface area contributed by atoms with Gasteiger partial charge in [0.05, 0.1) is 21.3 Å². The van der Waals surface area contributed by atoms with Gasteiger partial charge >= 0.3 is 0 Å². The number of benzene rings is 1. The number of likely N-dealkylation sites (N-methyl/N-ethyl adjacent to an activating group) is 1.